The maximum atomic E-state index is 12.2. The highest BCUT2D eigenvalue weighted by molar-refractivity contribution is 5.95. The summed E-state index contributed by atoms with van der Waals surface area (Å²) in [7, 11) is 1.77. The lowest BCUT2D eigenvalue weighted by Crippen LogP contribution is -2.43. The van der Waals surface area contributed by atoms with E-state index in [0.29, 0.717) is 19.4 Å². The van der Waals surface area contributed by atoms with E-state index >= 15 is 0 Å². The van der Waals surface area contributed by atoms with Crippen LogP contribution in [0.2, 0.25) is 0 Å². The van der Waals surface area contributed by atoms with Gasteiger partial charge in [0.1, 0.15) is 0 Å². The van der Waals surface area contributed by atoms with Gasteiger partial charge >= 0.3 is 0 Å². The standard InChI is InChI=1S/C13H16N2O2/c1-15(11-5-3-2-4-6-11)13(17)10-7-8-12(16)14-9-10/h2-6,10H,7-9H2,1H3,(H,14,16). The number of rotatable bonds is 2. The number of carbonyl (C=O) groups is 2. The number of anilines is 1. The number of nitrogens with one attached hydrogen (secondary N) is 1. The number of amides is 2. The minimum absolute atomic E-state index is 0.0383. The van der Waals surface area contributed by atoms with E-state index in [2.05, 4.69) is 5.32 Å². The second kappa shape index (κ2) is 4.99. The van der Waals surface area contributed by atoms with Gasteiger partial charge in [-0.05, 0) is 18.6 Å². The van der Waals surface area contributed by atoms with Crippen molar-refractivity contribution in [1.29, 1.82) is 0 Å². The molecule has 0 aliphatic carbocycles. The van der Waals surface area contributed by atoms with Crippen molar-refractivity contribution in [3.63, 3.8) is 0 Å². The van der Waals surface area contributed by atoms with Gasteiger partial charge in [0.05, 0.1) is 5.92 Å². The summed E-state index contributed by atoms with van der Waals surface area (Å²) in [6.45, 7) is 0.453. The molecule has 2 rings (SSSR count). The van der Waals surface area contributed by atoms with E-state index in [9.17, 15) is 9.59 Å². The fraction of sp³-hybridized carbons (Fsp3) is 0.385. The molecule has 17 heavy (non-hydrogen) atoms. The molecule has 1 aromatic carbocycles. The molecule has 1 saturated heterocycles. The Morgan fingerprint density at radius 2 is 2.06 bits per heavy atom. The summed E-state index contributed by atoms with van der Waals surface area (Å²) in [6, 6.07) is 9.53. The van der Waals surface area contributed by atoms with Gasteiger partial charge in [-0.25, -0.2) is 0 Å². The van der Waals surface area contributed by atoms with E-state index in [0.717, 1.165) is 5.69 Å². The molecule has 2 amide bonds. The molecule has 4 heteroatoms. The van der Waals surface area contributed by atoms with Crippen molar-refractivity contribution in [2.24, 2.45) is 5.92 Å². The van der Waals surface area contributed by atoms with Crippen LogP contribution in [0.3, 0.4) is 0 Å². The fourth-order valence-corrected chi connectivity index (χ4v) is 2.00. The molecule has 1 N–H and O–H groups in total. The molecular weight excluding hydrogens is 216 g/mol. The van der Waals surface area contributed by atoms with E-state index in [1.807, 2.05) is 30.3 Å². The van der Waals surface area contributed by atoms with Crippen LogP contribution in [-0.2, 0) is 9.59 Å². The monoisotopic (exact) mass is 232 g/mol. The molecule has 0 radical (unpaired) electrons. The van der Waals surface area contributed by atoms with Crippen LogP contribution in [0.1, 0.15) is 12.8 Å². The van der Waals surface area contributed by atoms with E-state index in [1.54, 1.807) is 11.9 Å². The van der Waals surface area contributed by atoms with E-state index in [1.165, 1.54) is 0 Å². The Morgan fingerprint density at radius 1 is 1.35 bits per heavy atom. The first-order valence-electron chi connectivity index (χ1n) is 5.78. The topological polar surface area (TPSA) is 49.4 Å². The third-order valence-electron chi connectivity index (χ3n) is 3.09. The van der Waals surface area contributed by atoms with Crippen LogP contribution in [-0.4, -0.2) is 25.4 Å². The van der Waals surface area contributed by atoms with Crippen molar-refractivity contribution in [1.82, 2.24) is 5.32 Å². The first kappa shape index (κ1) is 11.6. The zero-order valence-corrected chi connectivity index (χ0v) is 9.85. The van der Waals surface area contributed by atoms with E-state index in [-0.39, 0.29) is 17.7 Å². The summed E-state index contributed by atoms with van der Waals surface area (Å²) in [5.74, 6) is 0.00511. The Balaban J connectivity index is 2.03. The summed E-state index contributed by atoms with van der Waals surface area (Å²) < 4.78 is 0. The molecule has 1 heterocycles. The smallest absolute Gasteiger partial charge is 0.231 e. The van der Waals surface area contributed by atoms with Crippen molar-refractivity contribution >= 4 is 17.5 Å². The second-order valence-corrected chi connectivity index (χ2v) is 4.27. The lowest BCUT2D eigenvalue weighted by molar-refractivity contribution is -0.127. The Hall–Kier alpha value is -1.84. The van der Waals surface area contributed by atoms with Crippen LogP contribution in [0.25, 0.3) is 0 Å². The van der Waals surface area contributed by atoms with Gasteiger partial charge in [0.25, 0.3) is 0 Å². The predicted octanol–water partition coefficient (Wildman–Crippen LogP) is 1.18. The number of hydrogen-bond acceptors (Lipinski definition) is 2. The second-order valence-electron chi connectivity index (χ2n) is 4.27. The summed E-state index contributed by atoms with van der Waals surface area (Å²) in [4.78, 5) is 24.9. The van der Waals surface area contributed by atoms with Gasteiger partial charge in [-0.3, -0.25) is 9.59 Å². The Labute approximate surface area is 101 Å². The van der Waals surface area contributed by atoms with Crippen molar-refractivity contribution in [2.75, 3.05) is 18.5 Å². The predicted molar refractivity (Wildman–Crippen MR) is 65.6 cm³/mol. The van der Waals surface area contributed by atoms with Gasteiger partial charge in [0.15, 0.2) is 0 Å². The maximum Gasteiger partial charge on any atom is 0.231 e. The molecule has 0 aromatic heterocycles. The maximum absolute atomic E-state index is 12.2. The zero-order chi connectivity index (χ0) is 12.3. The highest BCUT2D eigenvalue weighted by Crippen LogP contribution is 2.18. The molecule has 1 fully saturated rings. The van der Waals surface area contributed by atoms with Crippen molar-refractivity contribution in [3.05, 3.63) is 30.3 Å². The minimum Gasteiger partial charge on any atom is -0.355 e. The van der Waals surface area contributed by atoms with Crippen molar-refractivity contribution < 1.29 is 9.59 Å². The molecule has 1 unspecified atom stereocenters. The normalized spacial score (nSPS) is 19.6. The summed E-state index contributed by atoms with van der Waals surface area (Å²) >= 11 is 0. The number of carbonyl (C=O) groups excluding carboxylic acids is 2. The lowest BCUT2D eigenvalue weighted by Gasteiger charge is -2.26. The molecule has 1 aromatic rings. The first-order chi connectivity index (χ1) is 8.18. The third kappa shape index (κ3) is 2.64. The summed E-state index contributed by atoms with van der Waals surface area (Å²) in [5, 5.41) is 2.73. The number of hydrogen-bond donors (Lipinski definition) is 1. The van der Waals surface area contributed by atoms with Gasteiger partial charge in [-0.2, -0.15) is 0 Å². The largest absolute Gasteiger partial charge is 0.355 e. The van der Waals surface area contributed by atoms with E-state index < -0.39 is 0 Å². The molecule has 0 saturated carbocycles. The van der Waals surface area contributed by atoms with Crippen LogP contribution in [0.4, 0.5) is 5.69 Å². The number of nitrogens with zero attached hydrogens (tertiary/aromatic N) is 1. The molecular formula is C13H16N2O2. The van der Waals surface area contributed by atoms with Crippen LogP contribution >= 0.6 is 0 Å². The summed E-state index contributed by atoms with van der Waals surface area (Å²) in [5.41, 5.74) is 0.884. The van der Waals surface area contributed by atoms with Gasteiger partial charge in [-0.15, -0.1) is 0 Å². The lowest BCUT2D eigenvalue weighted by atomic mass is 9.97. The van der Waals surface area contributed by atoms with Crippen LogP contribution in [0, 0.1) is 5.92 Å². The van der Waals surface area contributed by atoms with Crippen LogP contribution < -0.4 is 10.2 Å². The Kier molecular flexibility index (Phi) is 3.42. The Bertz CT molecular complexity index is 407. The zero-order valence-electron chi connectivity index (χ0n) is 9.85. The van der Waals surface area contributed by atoms with Crippen LogP contribution in [0.5, 0.6) is 0 Å². The van der Waals surface area contributed by atoms with Gasteiger partial charge in [0.2, 0.25) is 11.8 Å². The number of piperidine rings is 1. The SMILES string of the molecule is CN(C(=O)C1CCC(=O)NC1)c1ccccc1. The number of benzene rings is 1. The highest BCUT2D eigenvalue weighted by atomic mass is 16.2. The van der Waals surface area contributed by atoms with Crippen molar-refractivity contribution in [3.8, 4) is 0 Å². The molecule has 90 valence electrons. The molecule has 1 atom stereocenters. The average molecular weight is 232 g/mol. The van der Waals surface area contributed by atoms with E-state index in [4.69, 9.17) is 0 Å². The molecule has 0 spiro atoms. The van der Waals surface area contributed by atoms with Gasteiger partial charge in [0, 0.05) is 25.7 Å². The van der Waals surface area contributed by atoms with Crippen LogP contribution in [0.15, 0.2) is 30.3 Å². The molecule has 4 nitrogen and oxygen atoms in total. The number of para-hydroxylation sites is 1. The third-order valence-corrected chi connectivity index (χ3v) is 3.09. The first-order valence-corrected chi connectivity index (χ1v) is 5.78. The minimum atomic E-state index is -0.0992. The highest BCUT2D eigenvalue weighted by Gasteiger charge is 2.27. The molecule has 1 aliphatic rings. The molecule has 0 bridgehead atoms. The molecule has 1 aliphatic heterocycles. The van der Waals surface area contributed by atoms with Crippen molar-refractivity contribution in [2.45, 2.75) is 12.8 Å². The average Bonchev–Trinajstić information content (AvgIpc) is 2.39. The Morgan fingerprint density at radius 3 is 2.65 bits per heavy atom. The summed E-state index contributed by atoms with van der Waals surface area (Å²) in [6.07, 6.45) is 1.08. The fourth-order valence-electron chi connectivity index (χ4n) is 2.00. The van der Waals surface area contributed by atoms with Gasteiger partial charge in [-0.1, -0.05) is 18.2 Å². The quantitative estimate of drug-likeness (QED) is 0.832. The van der Waals surface area contributed by atoms with Gasteiger partial charge < -0.3 is 10.2 Å².